The third kappa shape index (κ3) is 2.86. The van der Waals surface area contributed by atoms with Gasteiger partial charge >= 0.3 is 0 Å². The van der Waals surface area contributed by atoms with E-state index in [1.807, 2.05) is 43.3 Å². The van der Waals surface area contributed by atoms with Crippen molar-refractivity contribution in [3.05, 3.63) is 59.7 Å². The number of hydrogen-bond acceptors (Lipinski definition) is 2. The predicted octanol–water partition coefficient (Wildman–Crippen LogP) is 3.37. The highest BCUT2D eigenvalue weighted by Crippen LogP contribution is 2.26. The van der Waals surface area contributed by atoms with Crippen molar-refractivity contribution in [1.29, 1.82) is 5.26 Å². The molecule has 0 fully saturated rings. The summed E-state index contributed by atoms with van der Waals surface area (Å²) in [5.41, 5.74) is 2.75. The van der Waals surface area contributed by atoms with Crippen LogP contribution in [0.1, 0.15) is 29.3 Å². The summed E-state index contributed by atoms with van der Waals surface area (Å²) in [4.78, 5) is 12.2. The van der Waals surface area contributed by atoms with Crippen molar-refractivity contribution >= 4 is 5.91 Å². The summed E-state index contributed by atoms with van der Waals surface area (Å²) in [5, 5.41) is 12.1. The molecular weight excluding hydrogens is 248 g/mol. The van der Waals surface area contributed by atoms with Gasteiger partial charge in [-0.3, -0.25) is 4.79 Å². The topological polar surface area (TPSA) is 52.9 Å². The fourth-order valence-electron chi connectivity index (χ4n) is 2.07. The summed E-state index contributed by atoms with van der Waals surface area (Å²) in [5.74, 6) is -0.102. The number of benzene rings is 2. The zero-order valence-electron chi connectivity index (χ0n) is 11.4. The number of carbonyl (C=O) groups excluding carboxylic acids is 1. The lowest BCUT2D eigenvalue weighted by Crippen LogP contribution is -2.24. The van der Waals surface area contributed by atoms with E-state index in [1.165, 1.54) is 0 Å². The molecule has 3 nitrogen and oxygen atoms in total. The smallest absolute Gasteiger partial charge is 0.251 e. The number of nitrogens with zero attached hydrogens (tertiary/aromatic N) is 1. The Morgan fingerprint density at radius 1 is 1.10 bits per heavy atom. The Morgan fingerprint density at radius 2 is 1.75 bits per heavy atom. The molecule has 3 heteroatoms. The molecule has 2 rings (SSSR count). The SMILES string of the molecule is CCCNC(=O)c1ccccc1-c1ccccc1C#N. The van der Waals surface area contributed by atoms with Gasteiger partial charge in [0.25, 0.3) is 5.91 Å². The van der Waals surface area contributed by atoms with Crippen molar-refractivity contribution in [2.45, 2.75) is 13.3 Å². The molecule has 0 bridgehead atoms. The Morgan fingerprint density at radius 3 is 2.45 bits per heavy atom. The number of amides is 1. The quantitative estimate of drug-likeness (QED) is 0.920. The average molecular weight is 264 g/mol. The van der Waals surface area contributed by atoms with E-state index in [9.17, 15) is 10.1 Å². The zero-order valence-corrected chi connectivity index (χ0v) is 11.4. The minimum Gasteiger partial charge on any atom is -0.352 e. The molecule has 0 aliphatic carbocycles. The lowest BCUT2D eigenvalue weighted by Gasteiger charge is -2.11. The molecule has 0 saturated carbocycles. The van der Waals surface area contributed by atoms with E-state index in [0.717, 1.165) is 17.5 Å². The summed E-state index contributed by atoms with van der Waals surface area (Å²) < 4.78 is 0. The minimum atomic E-state index is -0.102. The first-order chi connectivity index (χ1) is 9.77. The van der Waals surface area contributed by atoms with Crippen LogP contribution in [0.15, 0.2) is 48.5 Å². The fourth-order valence-corrected chi connectivity index (χ4v) is 2.07. The summed E-state index contributed by atoms with van der Waals surface area (Å²) >= 11 is 0. The van der Waals surface area contributed by atoms with Gasteiger partial charge in [0.05, 0.1) is 11.6 Å². The molecule has 0 aliphatic heterocycles. The maximum Gasteiger partial charge on any atom is 0.251 e. The molecule has 0 radical (unpaired) electrons. The Bertz CT molecular complexity index is 656. The van der Waals surface area contributed by atoms with E-state index < -0.39 is 0 Å². The molecule has 1 N–H and O–H groups in total. The maximum absolute atomic E-state index is 12.2. The Hall–Kier alpha value is -2.60. The number of nitrogens with one attached hydrogen (secondary N) is 1. The first kappa shape index (κ1) is 13.8. The molecule has 0 spiro atoms. The molecule has 0 aliphatic rings. The third-order valence-corrected chi connectivity index (χ3v) is 3.04. The van der Waals surface area contributed by atoms with Crippen LogP contribution in [-0.4, -0.2) is 12.5 Å². The Kier molecular flexibility index (Phi) is 4.52. The van der Waals surface area contributed by atoms with Gasteiger partial charge in [-0.25, -0.2) is 0 Å². The van der Waals surface area contributed by atoms with Crippen molar-refractivity contribution in [3.8, 4) is 17.2 Å². The normalized spacial score (nSPS) is 9.80. The van der Waals surface area contributed by atoms with Gasteiger partial charge in [0.1, 0.15) is 0 Å². The van der Waals surface area contributed by atoms with Gasteiger partial charge in [-0.2, -0.15) is 5.26 Å². The molecule has 0 unspecified atom stereocenters. The molecule has 0 heterocycles. The second-order valence-electron chi connectivity index (χ2n) is 4.46. The standard InChI is InChI=1S/C17H16N2O/c1-2-11-19-17(20)16-10-6-5-9-15(16)14-8-4-3-7-13(14)12-18/h3-10H,2,11H2,1H3,(H,19,20). The molecule has 0 aromatic heterocycles. The van der Waals surface area contributed by atoms with Crippen LogP contribution in [-0.2, 0) is 0 Å². The van der Waals surface area contributed by atoms with Gasteiger partial charge in [0, 0.05) is 17.7 Å². The van der Waals surface area contributed by atoms with Gasteiger partial charge in [0.2, 0.25) is 0 Å². The molecule has 0 saturated heterocycles. The zero-order chi connectivity index (χ0) is 14.4. The van der Waals surface area contributed by atoms with Gasteiger partial charge < -0.3 is 5.32 Å². The number of hydrogen-bond donors (Lipinski definition) is 1. The van der Waals surface area contributed by atoms with Crippen LogP contribution < -0.4 is 5.32 Å². The van der Waals surface area contributed by atoms with E-state index >= 15 is 0 Å². The molecule has 20 heavy (non-hydrogen) atoms. The van der Waals surface area contributed by atoms with E-state index in [2.05, 4.69) is 11.4 Å². The van der Waals surface area contributed by atoms with Crippen LogP contribution in [0.3, 0.4) is 0 Å². The van der Waals surface area contributed by atoms with Crippen LogP contribution in [0.4, 0.5) is 0 Å². The summed E-state index contributed by atoms with van der Waals surface area (Å²) in [6.45, 7) is 2.66. The van der Waals surface area contributed by atoms with E-state index in [1.54, 1.807) is 12.1 Å². The summed E-state index contributed by atoms with van der Waals surface area (Å²) in [6.07, 6.45) is 0.892. The number of carbonyl (C=O) groups is 1. The first-order valence-electron chi connectivity index (χ1n) is 6.64. The van der Waals surface area contributed by atoms with Crippen LogP contribution >= 0.6 is 0 Å². The fraction of sp³-hybridized carbons (Fsp3) is 0.176. The monoisotopic (exact) mass is 264 g/mol. The highest BCUT2D eigenvalue weighted by atomic mass is 16.1. The largest absolute Gasteiger partial charge is 0.352 e. The number of rotatable bonds is 4. The molecule has 1 amide bonds. The van der Waals surface area contributed by atoms with Crippen LogP contribution in [0.25, 0.3) is 11.1 Å². The summed E-state index contributed by atoms with van der Waals surface area (Å²) in [6, 6.07) is 16.9. The lowest BCUT2D eigenvalue weighted by molar-refractivity contribution is 0.0954. The van der Waals surface area contributed by atoms with Crippen molar-refractivity contribution in [2.75, 3.05) is 6.54 Å². The van der Waals surface area contributed by atoms with Gasteiger partial charge in [-0.1, -0.05) is 43.3 Å². The average Bonchev–Trinajstić information content (AvgIpc) is 2.52. The van der Waals surface area contributed by atoms with Crippen molar-refractivity contribution in [1.82, 2.24) is 5.32 Å². The maximum atomic E-state index is 12.2. The molecular formula is C17H16N2O. The van der Waals surface area contributed by atoms with E-state index in [0.29, 0.717) is 17.7 Å². The van der Waals surface area contributed by atoms with Crippen molar-refractivity contribution in [3.63, 3.8) is 0 Å². The second-order valence-corrected chi connectivity index (χ2v) is 4.46. The van der Waals surface area contributed by atoms with Crippen molar-refractivity contribution in [2.24, 2.45) is 0 Å². The van der Waals surface area contributed by atoms with Crippen LogP contribution in [0, 0.1) is 11.3 Å². The predicted molar refractivity (Wildman–Crippen MR) is 79.2 cm³/mol. The molecule has 100 valence electrons. The highest BCUT2D eigenvalue weighted by Gasteiger charge is 2.13. The van der Waals surface area contributed by atoms with Gasteiger partial charge in [0.15, 0.2) is 0 Å². The van der Waals surface area contributed by atoms with Crippen LogP contribution in [0.5, 0.6) is 0 Å². The Labute approximate surface area is 118 Å². The Balaban J connectivity index is 2.48. The minimum absolute atomic E-state index is 0.102. The van der Waals surface area contributed by atoms with Gasteiger partial charge in [-0.05, 0) is 24.1 Å². The number of nitriles is 1. The molecule has 2 aromatic rings. The third-order valence-electron chi connectivity index (χ3n) is 3.04. The summed E-state index contributed by atoms with van der Waals surface area (Å²) in [7, 11) is 0. The van der Waals surface area contributed by atoms with Crippen molar-refractivity contribution < 1.29 is 4.79 Å². The van der Waals surface area contributed by atoms with Gasteiger partial charge in [-0.15, -0.1) is 0 Å². The lowest BCUT2D eigenvalue weighted by atomic mass is 9.95. The highest BCUT2D eigenvalue weighted by molar-refractivity contribution is 6.01. The van der Waals surface area contributed by atoms with E-state index in [4.69, 9.17) is 0 Å². The van der Waals surface area contributed by atoms with E-state index in [-0.39, 0.29) is 5.91 Å². The second kappa shape index (κ2) is 6.53. The van der Waals surface area contributed by atoms with Crippen LogP contribution in [0.2, 0.25) is 0 Å². The first-order valence-corrected chi connectivity index (χ1v) is 6.64. The molecule has 0 atom stereocenters. The molecule has 2 aromatic carbocycles.